The molecule has 2 amide bonds. The predicted octanol–water partition coefficient (Wildman–Crippen LogP) is 4.49. The number of anilines is 2. The summed E-state index contributed by atoms with van der Waals surface area (Å²) in [5, 5.41) is 9.93. The summed E-state index contributed by atoms with van der Waals surface area (Å²) in [6, 6.07) is 8.18. The van der Waals surface area contributed by atoms with Gasteiger partial charge >= 0.3 is 6.03 Å². The zero-order valence-electron chi connectivity index (χ0n) is 16.3. The number of aromatic nitrogens is 2. The maximum absolute atomic E-state index is 13.3. The molecule has 1 aromatic carbocycles. The second-order valence-corrected chi connectivity index (χ2v) is 8.05. The Morgan fingerprint density at radius 1 is 1.21 bits per heavy atom. The number of halogens is 1. The number of piperidine rings is 1. The Labute approximate surface area is 165 Å². The van der Waals surface area contributed by atoms with Gasteiger partial charge in [-0.3, -0.25) is 5.32 Å². The molecule has 0 radical (unpaired) electrons. The van der Waals surface area contributed by atoms with Gasteiger partial charge in [0.25, 0.3) is 0 Å². The summed E-state index contributed by atoms with van der Waals surface area (Å²) in [6.45, 7) is 4.47. The Balaban J connectivity index is 1.32. The summed E-state index contributed by atoms with van der Waals surface area (Å²) in [6.07, 6.45) is 7.88. The molecule has 1 aliphatic carbocycles. The van der Waals surface area contributed by atoms with Crippen LogP contribution in [0.5, 0.6) is 0 Å². The lowest BCUT2D eigenvalue weighted by molar-refractivity contribution is 0.131. The van der Waals surface area contributed by atoms with Gasteiger partial charge in [-0.2, -0.15) is 5.10 Å². The number of hydrogen-bond acceptors (Lipinski definition) is 3. The zero-order valence-corrected chi connectivity index (χ0v) is 16.3. The molecule has 2 aliphatic rings. The third kappa shape index (κ3) is 4.70. The fraction of sp³-hybridized carbons (Fsp3) is 0.524. The maximum Gasteiger partial charge on any atom is 0.324 e. The number of hydrogen-bond donors (Lipinski definition) is 2. The molecule has 2 fully saturated rings. The van der Waals surface area contributed by atoms with E-state index in [1.165, 1.54) is 31.4 Å². The van der Waals surface area contributed by atoms with Crippen molar-refractivity contribution in [3.05, 3.63) is 42.3 Å². The van der Waals surface area contributed by atoms with Crippen LogP contribution in [0.25, 0.3) is 0 Å². The highest BCUT2D eigenvalue weighted by atomic mass is 19.1. The van der Waals surface area contributed by atoms with Crippen molar-refractivity contribution in [1.82, 2.24) is 14.7 Å². The number of carbonyl (C=O) groups excluding carboxylic acids is 1. The molecule has 4 rings (SSSR count). The van der Waals surface area contributed by atoms with Crippen LogP contribution in [0.1, 0.15) is 45.1 Å². The number of amides is 2. The van der Waals surface area contributed by atoms with Crippen LogP contribution in [0.4, 0.5) is 20.7 Å². The van der Waals surface area contributed by atoms with Crippen LogP contribution < -0.4 is 10.6 Å². The van der Waals surface area contributed by atoms with Crippen molar-refractivity contribution in [2.45, 2.75) is 51.1 Å². The van der Waals surface area contributed by atoms with Crippen molar-refractivity contribution >= 4 is 17.5 Å². The molecule has 1 saturated carbocycles. The lowest BCUT2D eigenvalue weighted by Crippen LogP contribution is -2.41. The number of likely N-dealkylation sites (tertiary alicyclic amines) is 1. The van der Waals surface area contributed by atoms with Crippen molar-refractivity contribution < 1.29 is 9.18 Å². The minimum absolute atomic E-state index is 0.281. The molecule has 2 N–H and O–H groups in total. The third-order valence-corrected chi connectivity index (χ3v) is 5.83. The molecule has 1 atom stereocenters. The molecular weight excluding hydrogens is 357 g/mol. The molecule has 1 saturated heterocycles. The number of rotatable bonds is 6. The monoisotopic (exact) mass is 385 g/mol. The van der Waals surface area contributed by atoms with Crippen LogP contribution in [0, 0.1) is 11.7 Å². The molecule has 7 heteroatoms. The second-order valence-electron chi connectivity index (χ2n) is 8.05. The van der Waals surface area contributed by atoms with E-state index in [1.807, 2.05) is 4.68 Å². The van der Waals surface area contributed by atoms with Gasteiger partial charge in [-0.05, 0) is 50.3 Å². The van der Waals surface area contributed by atoms with Crippen molar-refractivity contribution in [3.8, 4) is 0 Å². The Morgan fingerprint density at radius 2 is 2.00 bits per heavy atom. The van der Waals surface area contributed by atoms with Gasteiger partial charge < -0.3 is 10.2 Å². The van der Waals surface area contributed by atoms with E-state index in [9.17, 15) is 9.18 Å². The summed E-state index contributed by atoms with van der Waals surface area (Å²) in [5.74, 6) is 1.23. The van der Waals surface area contributed by atoms with Crippen molar-refractivity contribution in [1.29, 1.82) is 0 Å². The van der Waals surface area contributed by atoms with E-state index in [2.05, 4.69) is 27.6 Å². The van der Waals surface area contributed by atoms with Gasteiger partial charge in [0.2, 0.25) is 0 Å². The van der Waals surface area contributed by atoms with Crippen LogP contribution in [0.2, 0.25) is 0 Å². The highest BCUT2D eigenvalue weighted by Gasteiger charge is 2.29. The number of nitrogens with one attached hydrogen (secondary N) is 2. The van der Waals surface area contributed by atoms with E-state index in [-0.39, 0.29) is 11.9 Å². The fourth-order valence-corrected chi connectivity index (χ4v) is 4.11. The zero-order chi connectivity index (χ0) is 19.5. The lowest BCUT2D eigenvalue weighted by Gasteiger charge is -2.36. The molecule has 1 aliphatic heterocycles. The van der Waals surface area contributed by atoms with Crippen molar-refractivity contribution in [2.24, 2.45) is 5.92 Å². The van der Waals surface area contributed by atoms with E-state index in [0.717, 1.165) is 31.8 Å². The van der Waals surface area contributed by atoms with Gasteiger partial charge in [-0.15, -0.1) is 0 Å². The molecule has 2 aromatic rings. The highest BCUT2D eigenvalue weighted by molar-refractivity contribution is 5.99. The first-order valence-corrected chi connectivity index (χ1v) is 10.2. The summed E-state index contributed by atoms with van der Waals surface area (Å²) < 4.78 is 15.2. The van der Waals surface area contributed by atoms with E-state index in [4.69, 9.17) is 0 Å². The predicted molar refractivity (Wildman–Crippen MR) is 108 cm³/mol. The van der Waals surface area contributed by atoms with Crippen LogP contribution in [-0.2, 0) is 0 Å². The number of carbonyl (C=O) groups is 1. The average molecular weight is 385 g/mol. The molecule has 6 nitrogen and oxygen atoms in total. The number of nitrogens with zero attached hydrogens (tertiary/aromatic N) is 3. The number of benzene rings is 1. The summed E-state index contributed by atoms with van der Waals surface area (Å²) in [5.41, 5.74) is 0.418. The van der Waals surface area contributed by atoms with Gasteiger partial charge in [-0.1, -0.05) is 18.9 Å². The Morgan fingerprint density at radius 3 is 2.71 bits per heavy atom. The Bertz CT molecular complexity index is 811. The van der Waals surface area contributed by atoms with Crippen LogP contribution in [0.3, 0.4) is 0 Å². The topological polar surface area (TPSA) is 62.2 Å². The Hall–Kier alpha value is -2.41. The smallest absolute Gasteiger partial charge is 0.308 e. The van der Waals surface area contributed by atoms with E-state index in [1.54, 1.807) is 24.4 Å². The van der Waals surface area contributed by atoms with Gasteiger partial charge in [0.1, 0.15) is 11.6 Å². The van der Waals surface area contributed by atoms with Crippen LogP contribution in [0.15, 0.2) is 36.5 Å². The van der Waals surface area contributed by atoms with Crippen molar-refractivity contribution in [3.63, 3.8) is 0 Å². The Kier molecular flexibility index (Phi) is 5.62. The fourth-order valence-electron chi connectivity index (χ4n) is 4.11. The van der Waals surface area contributed by atoms with Crippen LogP contribution >= 0.6 is 0 Å². The largest absolute Gasteiger partial charge is 0.324 e. The maximum atomic E-state index is 13.3. The highest BCUT2D eigenvalue weighted by Crippen LogP contribution is 2.35. The van der Waals surface area contributed by atoms with Gasteiger partial charge in [0, 0.05) is 30.9 Å². The third-order valence-electron chi connectivity index (χ3n) is 5.83. The summed E-state index contributed by atoms with van der Waals surface area (Å²) in [7, 11) is 0. The first-order chi connectivity index (χ1) is 13.6. The quantitative estimate of drug-likeness (QED) is 0.770. The first-order valence-electron chi connectivity index (χ1n) is 10.2. The van der Waals surface area contributed by atoms with Gasteiger partial charge in [-0.25, -0.2) is 13.9 Å². The second kappa shape index (κ2) is 8.31. The average Bonchev–Trinajstić information content (AvgIpc) is 3.37. The van der Waals surface area contributed by atoms with Gasteiger partial charge in [0.15, 0.2) is 0 Å². The minimum Gasteiger partial charge on any atom is -0.308 e. The standard InChI is InChI=1S/C21H28FN5O/c1-15(13-16-5-6-16)26-11-8-19(9-12-26)27-20(7-10-23-27)25-21(28)24-18-4-2-3-17(22)14-18/h2-4,7,10,14-16,19H,5-6,8-9,11-13H2,1H3,(H2,24,25,28). The van der Waals surface area contributed by atoms with E-state index < -0.39 is 6.03 Å². The van der Waals surface area contributed by atoms with Gasteiger partial charge in [0.05, 0.1) is 12.2 Å². The molecule has 1 unspecified atom stereocenters. The molecule has 1 aromatic heterocycles. The summed E-state index contributed by atoms with van der Waals surface area (Å²) in [4.78, 5) is 14.9. The normalized spacial score (nSPS) is 19.4. The molecular formula is C21H28FN5O. The molecule has 28 heavy (non-hydrogen) atoms. The minimum atomic E-state index is -0.400. The molecule has 0 spiro atoms. The summed E-state index contributed by atoms with van der Waals surface area (Å²) >= 11 is 0. The molecule has 150 valence electrons. The van der Waals surface area contributed by atoms with E-state index >= 15 is 0 Å². The SMILES string of the molecule is CC(CC1CC1)N1CCC(n2nccc2NC(=O)Nc2cccc(F)c2)CC1. The lowest BCUT2D eigenvalue weighted by atomic mass is 10.0. The van der Waals surface area contributed by atoms with Crippen molar-refractivity contribution in [2.75, 3.05) is 23.7 Å². The number of urea groups is 1. The first kappa shape index (κ1) is 18.9. The molecule has 2 heterocycles. The molecule has 0 bridgehead atoms. The van der Waals surface area contributed by atoms with Crippen LogP contribution in [-0.4, -0.2) is 39.8 Å². The van der Waals surface area contributed by atoms with E-state index in [0.29, 0.717) is 17.5 Å².